The van der Waals surface area contributed by atoms with E-state index in [1.54, 1.807) is 13.2 Å². The molecule has 0 saturated heterocycles. The molecule has 0 unspecified atom stereocenters. The number of ether oxygens (including phenoxy) is 2. The first-order valence-electron chi connectivity index (χ1n) is 7.69. The van der Waals surface area contributed by atoms with E-state index < -0.39 is 0 Å². The van der Waals surface area contributed by atoms with Crippen molar-refractivity contribution in [1.82, 2.24) is 5.32 Å². The molecule has 0 radical (unpaired) electrons. The fourth-order valence-electron chi connectivity index (χ4n) is 2.10. The van der Waals surface area contributed by atoms with Crippen LogP contribution in [0, 0.1) is 0 Å². The molecule has 0 atom stereocenters. The topological polar surface area (TPSA) is 59.6 Å². The zero-order valence-electron chi connectivity index (χ0n) is 14.0. The third kappa shape index (κ3) is 5.93. The number of rotatable bonds is 7. The Hall–Kier alpha value is -2.86. The highest BCUT2D eigenvalue weighted by Gasteiger charge is 2.09. The van der Waals surface area contributed by atoms with Crippen molar-refractivity contribution in [2.24, 2.45) is 0 Å². The molecule has 5 nitrogen and oxygen atoms in total. The van der Waals surface area contributed by atoms with Crippen LogP contribution in [0.2, 0.25) is 0 Å². The lowest BCUT2D eigenvalue weighted by atomic mass is 10.1. The first-order valence-corrected chi connectivity index (χ1v) is 8.09. The van der Waals surface area contributed by atoms with Crippen LogP contribution in [-0.2, 0) is 11.2 Å². The Morgan fingerprint density at radius 2 is 1.92 bits per heavy atom. The first-order chi connectivity index (χ1) is 12.1. The number of para-hydroxylation sites is 2. The molecule has 2 rings (SSSR count). The zero-order valence-corrected chi connectivity index (χ0v) is 14.8. The van der Waals surface area contributed by atoms with Crippen LogP contribution in [0.1, 0.15) is 5.56 Å². The summed E-state index contributed by atoms with van der Waals surface area (Å²) in [4.78, 5) is 12.1. The van der Waals surface area contributed by atoms with Crippen LogP contribution >= 0.6 is 12.2 Å². The highest BCUT2D eigenvalue weighted by atomic mass is 32.1. The van der Waals surface area contributed by atoms with Gasteiger partial charge in [-0.25, -0.2) is 0 Å². The van der Waals surface area contributed by atoms with E-state index in [1.165, 1.54) is 0 Å². The minimum atomic E-state index is -0.202. The number of benzene rings is 2. The number of amides is 1. The third-order valence-corrected chi connectivity index (χ3v) is 3.47. The molecular formula is C19H20N2O3S. The van der Waals surface area contributed by atoms with Crippen LogP contribution in [0.3, 0.4) is 0 Å². The number of nitrogens with one attached hydrogen (secondary N) is 2. The molecule has 25 heavy (non-hydrogen) atoms. The maximum Gasteiger partial charge on any atom is 0.230 e. The Bertz CT molecular complexity index is 745. The van der Waals surface area contributed by atoms with Gasteiger partial charge in [0.25, 0.3) is 0 Å². The molecule has 0 aromatic heterocycles. The van der Waals surface area contributed by atoms with Gasteiger partial charge >= 0.3 is 0 Å². The number of carbonyl (C=O) groups excluding carboxylic acids is 1. The van der Waals surface area contributed by atoms with Crippen LogP contribution in [0.25, 0.3) is 0 Å². The SMILES string of the molecule is C=CCOc1ccccc1NC(=S)NC(=O)Cc1ccc(OC)cc1. The molecule has 0 aliphatic rings. The lowest BCUT2D eigenvalue weighted by Gasteiger charge is -2.13. The largest absolute Gasteiger partial charge is 0.497 e. The van der Waals surface area contributed by atoms with E-state index in [-0.39, 0.29) is 17.4 Å². The van der Waals surface area contributed by atoms with Crippen LogP contribution < -0.4 is 20.1 Å². The second-order valence-electron chi connectivity index (χ2n) is 5.12. The Labute approximate surface area is 152 Å². The lowest BCUT2D eigenvalue weighted by Crippen LogP contribution is -2.35. The number of thiocarbonyl (C=S) groups is 1. The van der Waals surface area contributed by atoms with Gasteiger partial charge in [-0.3, -0.25) is 4.79 Å². The molecule has 1 amide bonds. The summed E-state index contributed by atoms with van der Waals surface area (Å²) in [6.07, 6.45) is 1.88. The van der Waals surface area contributed by atoms with E-state index in [0.717, 1.165) is 11.3 Å². The molecular weight excluding hydrogens is 336 g/mol. The predicted octanol–water partition coefficient (Wildman–Crippen LogP) is 3.32. The van der Waals surface area contributed by atoms with E-state index >= 15 is 0 Å². The summed E-state index contributed by atoms with van der Waals surface area (Å²) in [5, 5.41) is 5.85. The molecule has 0 aliphatic carbocycles. The van der Waals surface area contributed by atoms with Crippen LogP contribution in [0.15, 0.2) is 61.2 Å². The van der Waals surface area contributed by atoms with Crippen LogP contribution in [0.4, 0.5) is 5.69 Å². The van der Waals surface area contributed by atoms with Crippen molar-refractivity contribution in [3.05, 3.63) is 66.7 Å². The van der Waals surface area contributed by atoms with Gasteiger partial charge in [0, 0.05) is 0 Å². The fourth-order valence-corrected chi connectivity index (χ4v) is 2.32. The van der Waals surface area contributed by atoms with Crippen molar-refractivity contribution in [1.29, 1.82) is 0 Å². The van der Waals surface area contributed by atoms with Gasteiger partial charge in [0.15, 0.2) is 5.11 Å². The van der Waals surface area contributed by atoms with Gasteiger partial charge in [-0.2, -0.15) is 0 Å². The molecule has 130 valence electrons. The van der Waals surface area contributed by atoms with Gasteiger partial charge in [0.1, 0.15) is 18.1 Å². The van der Waals surface area contributed by atoms with Gasteiger partial charge in [-0.1, -0.05) is 36.9 Å². The summed E-state index contributed by atoms with van der Waals surface area (Å²) in [5.74, 6) is 1.18. The molecule has 2 aromatic rings. The van der Waals surface area contributed by atoms with Crippen molar-refractivity contribution in [3.8, 4) is 11.5 Å². The molecule has 0 spiro atoms. The van der Waals surface area contributed by atoms with Crippen molar-refractivity contribution >= 4 is 28.9 Å². The minimum Gasteiger partial charge on any atom is -0.497 e. The summed E-state index contributed by atoms with van der Waals surface area (Å²) in [6.45, 7) is 4.00. The summed E-state index contributed by atoms with van der Waals surface area (Å²) in [5.41, 5.74) is 1.55. The van der Waals surface area contributed by atoms with Gasteiger partial charge in [0.2, 0.25) is 5.91 Å². The van der Waals surface area contributed by atoms with E-state index in [9.17, 15) is 4.79 Å². The predicted molar refractivity (Wildman–Crippen MR) is 103 cm³/mol. The Balaban J connectivity index is 1.91. The van der Waals surface area contributed by atoms with Crippen molar-refractivity contribution in [2.45, 2.75) is 6.42 Å². The second kappa shape index (κ2) is 9.44. The second-order valence-corrected chi connectivity index (χ2v) is 5.53. The van der Waals surface area contributed by atoms with Gasteiger partial charge in [-0.05, 0) is 42.0 Å². The summed E-state index contributed by atoms with van der Waals surface area (Å²) in [6, 6.07) is 14.6. The van der Waals surface area contributed by atoms with E-state index in [1.807, 2.05) is 48.5 Å². The number of hydrogen-bond acceptors (Lipinski definition) is 4. The maximum absolute atomic E-state index is 12.1. The Morgan fingerprint density at radius 3 is 2.60 bits per heavy atom. The number of hydrogen-bond donors (Lipinski definition) is 2. The quantitative estimate of drug-likeness (QED) is 0.589. The average Bonchev–Trinajstić information content (AvgIpc) is 2.61. The molecule has 0 saturated carbocycles. The molecule has 0 bridgehead atoms. The van der Waals surface area contributed by atoms with Crippen molar-refractivity contribution in [3.63, 3.8) is 0 Å². The minimum absolute atomic E-state index is 0.202. The number of methoxy groups -OCH3 is 1. The van der Waals surface area contributed by atoms with Gasteiger partial charge < -0.3 is 20.1 Å². The molecule has 0 fully saturated rings. The van der Waals surface area contributed by atoms with Gasteiger partial charge in [0.05, 0.1) is 19.2 Å². The number of anilines is 1. The summed E-state index contributed by atoms with van der Waals surface area (Å²) >= 11 is 5.20. The van der Waals surface area contributed by atoms with E-state index in [2.05, 4.69) is 17.2 Å². The third-order valence-electron chi connectivity index (χ3n) is 3.27. The molecule has 0 aliphatic heterocycles. The number of carbonyl (C=O) groups is 1. The highest BCUT2D eigenvalue weighted by molar-refractivity contribution is 7.80. The Morgan fingerprint density at radius 1 is 1.20 bits per heavy atom. The zero-order chi connectivity index (χ0) is 18.1. The monoisotopic (exact) mass is 356 g/mol. The van der Waals surface area contributed by atoms with E-state index in [4.69, 9.17) is 21.7 Å². The fraction of sp³-hybridized carbons (Fsp3) is 0.158. The standard InChI is InChI=1S/C19H20N2O3S/c1-3-12-24-17-7-5-4-6-16(17)20-19(25)21-18(22)13-14-8-10-15(23-2)11-9-14/h3-11H,1,12-13H2,2H3,(H2,20,21,22,25). The normalized spacial score (nSPS) is 9.80. The molecule has 2 N–H and O–H groups in total. The summed E-state index contributed by atoms with van der Waals surface area (Å²) in [7, 11) is 1.60. The smallest absolute Gasteiger partial charge is 0.230 e. The first kappa shape index (κ1) is 18.5. The lowest BCUT2D eigenvalue weighted by molar-refractivity contribution is -0.119. The molecule has 6 heteroatoms. The van der Waals surface area contributed by atoms with Crippen molar-refractivity contribution in [2.75, 3.05) is 19.0 Å². The van der Waals surface area contributed by atoms with Crippen LogP contribution in [-0.4, -0.2) is 24.7 Å². The highest BCUT2D eigenvalue weighted by Crippen LogP contribution is 2.23. The summed E-state index contributed by atoms with van der Waals surface area (Å²) < 4.78 is 10.6. The molecule has 0 heterocycles. The average molecular weight is 356 g/mol. The van der Waals surface area contributed by atoms with Crippen molar-refractivity contribution < 1.29 is 14.3 Å². The Kier molecular flexibility index (Phi) is 6.98. The van der Waals surface area contributed by atoms with Crippen LogP contribution in [0.5, 0.6) is 11.5 Å². The van der Waals surface area contributed by atoms with E-state index in [0.29, 0.717) is 18.0 Å². The van der Waals surface area contributed by atoms with Gasteiger partial charge in [-0.15, -0.1) is 0 Å². The maximum atomic E-state index is 12.1. The molecule has 2 aromatic carbocycles.